The van der Waals surface area contributed by atoms with Crippen molar-refractivity contribution in [2.45, 2.75) is 26.2 Å². The Bertz CT molecular complexity index is 723. The van der Waals surface area contributed by atoms with E-state index in [4.69, 9.17) is 19.8 Å². The molecule has 0 unspecified atom stereocenters. The summed E-state index contributed by atoms with van der Waals surface area (Å²) in [7, 11) is 2.01. The zero-order valence-electron chi connectivity index (χ0n) is 12.9. The summed E-state index contributed by atoms with van der Waals surface area (Å²) in [5, 5.41) is 26.4. The lowest BCUT2D eigenvalue weighted by atomic mass is 10.2. The number of non-ortho nitro benzene ring substituents is 1. The van der Waals surface area contributed by atoms with Gasteiger partial charge in [0.1, 0.15) is 0 Å². The third-order valence-electron chi connectivity index (χ3n) is 3.31. The molecule has 0 saturated carbocycles. The molecule has 0 bridgehead atoms. The van der Waals surface area contributed by atoms with Crippen molar-refractivity contribution < 1.29 is 24.7 Å². The van der Waals surface area contributed by atoms with Crippen molar-refractivity contribution in [1.29, 1.82) is 0 Å². The third-order valence-corrected chi connectivity index (χ3v) is 3.31. The molecule has 1 heterocycles. The number of hydrogen-bond donors (Lipinski definition) is 2. The van der Waals surface area contributed by atoms with E-state index in [-0.39, 0.29) is 10.6 Å². The predicted molar refractivity (Wildman–Crippen MR) is 83.5 cm³/mol. The summed E-state index contributed by atoms with van der Waals surface area (Å²) in [6.07, 6.45) is 3.32. The first-order chi connectivity index (χ1) is 10.8. The van der Waals surface area contributed by atoms with Crippen molar-refractivity contribution in [3.63, 3.8) is 0 Å². The average molecular weight is 322 g/mol. The molecule has 2 N–H and O–H groups in total. The summed E-state index contributed by atoms with van der Waals surface area (Å²) in [5.41, 5.74) is 2.45. The van der Waals surface area contributed by atoms with Crippen LogP contribution in [0.3, 0.4) is 0 Å². The van der Waals surface area contributed by atoms with E-state index in [1.807, 2.05) is 13.1 Å². The van der Waals surface area contributed by atoms with Gasteiger partial charge in [-0.1, -0.05) is 13.3 Å². The Hall–Kier alpha value is -2.90. The molecule has 0 aliphatic rings. The Balaban J connectivity index is 0.000000379. The number of carboxylic acid groups (broad SMARTS) is 2. The second-order valence-electron chi connectivity index (χ2n) is 4.91. The molecular formula is C15H18N2O6. The monoisotopic (exact) mass is 322 g/mol. The predicted octanol–water partition coefficient (Wildman–Crippen LogP) is 2.58. The minimum atomic E-state index is -1.82. The fourth-order valence-corrected chi connectivity index (χ4v) is 2.11. The molecule has 2 rings (SSSR count). The lowest BCUT2D eigenvalue weighted by molar-refractivity contribution is -0.384. The van der Waals surface area contributed by atoms with Gasteiger partial charge in [-0.05, 0) is 25.0 Å². The topological polar surface area (TPSA) is 123 Å². The molecular weight excluding hydrogens is 304 g/mol. The van der Waals surface area contributed by atoms with Crippen LogP contribution in [0.15, 0.2) is 24.3 Å². The zero-order chi connectivity index (χ0) is 17.6. The quantitative estimate of drug-likeness (QED) is 0.506. The number of carboxylic acids is 2. The molecule has 0 aliphatic carbocycles. The third kappa shape index (κ3) is 4.80. The number of nitro benzene ring substituents is 1. The van der Waals surface area contributed by atoms with Gasteiger partial charge in [0.25, 0.3) is 5.69 Å². The Morgan fingerprint density at radius 2 is 1.83 bits per heavy atom. The second kappa shape index (κ2) is 7.92. The molecule has 0 aliphatic heterocycles. The largest absolute Gasteiger partial charge is 0.473 e. The molecule has 1 aromatic carbocycles. The summed E-state index contributed by atoms with van der Waals surface area (Å²) in [6, 6.07) is 7.08. The van der Waals surface area contributed by atoms with Gasteiger partial charge in [-0.25, -0.2) is 9.59 Å². The Morgan fingerprint density at radius 1 is 1.22 bits per heavy atom. The minimum absolute atomic E-state index is 0.158. The number of fused-ring (bicyclic) bond motifs is 1. The van der Waals surface area contributed by atoms with Crippen LogP contribution in [0.1, 0.15) is 25.5 Å². The fourth-order valence-electron chi connectivity index (χ4n) is 2.11. The smallest absolute Gasteiger partial charge is 0.414 e. The van der Waals surface area contributed by atoms with Crippen molar-refractivity contribution in [2.24, 2.45) is 7.05 Å². The molecule has 2 aromatic rings. The van der Waals surface area contributed by atoms with E-state index in [9.17, 15) is 10.1 Å². The Kier molecular flexibility index (Phi) is 6.25. The van der Waals surface area contributed by atoms with E-state index in [0.29, 0.717) is 0 Å². The molecule has 1 aromatic heterocycles. The average Bonchev–Trinajstić information content (AvgIpc) is 2.81. The molecule has 0 amide bonds. The number of carbonyl (C=O) groups is 2. The highest BCUT2D eigenvalue weighted by atomic mass is 16.6. The lowest BCUT2D eigenvalue weighted by Crippen LogP contribution is -2.09. The van der Waals surface area contributed by atoms with Gasteiger partial charge in [0, 0.05) is 35.8 Å². The van der Waals surface area contributed by atoms with Crippen molar-refractivity contribution >= 4 is 28.5 Å². The van der Waals surface area contributed by atoms with Gasteiger partial charge in [-0.2, -0.15) is 0 Å². The van der Waals surface area contributed by atoms with E-state index in [0.717, 1.165) is 30.2 Å². The first-order valence-corrected chi connectivity index (χ1v) is 6.96. The lowest BCUT2D eigenvalue weighted by Gasteiger charge is -2.02. The highest BCUT2D eigenvalue weighted by Gasteiger charge is 2.10. The molecule has 0 saturated heterocycles. The first-order valence-electron chi connectivity index (χ1n) is 6.96. The van der Waals surface area contributed by atoms with Gasteiger partial charge in [0.2, 0.25) is 0 Å². The number of nitrogens with zero attached hydrogens (tertiary/aromatic N) is 2. The Morgan fingerprint density at radius 3 is 2.30 bits per heavy atom. The summed E-state index contributed by atoms with van der Waals surface area (Å²) < 4.78 is 2.12. The number of hydrogen-bond acceptors (Lipinski definition) is 4. The highest BCUT2D eigenvalue weighted by molar-refractivity contribution is 6.27. The highest BCUT2D eigenvalue weighted by Crippen LogP contribution is 2.24. The molecule has 0 spiro atoms. The standard InChI is InChI=1S/C13H16N2O2.C2H2O4/c1-3-4-5-11-8-10-9-12(15(16)17)6-7-13(10)14(11)2;3-1(4)2(5)6/h6-9H,3-5H2,1-2H3;(H,3,4)(H,5,6). The van der Waals surface area contributed by atoms with Crippen molar-refractivity contribution in [3.8, 4) is 0 Å². The van der Waals surface area contributed by atoms with Gasteiger partial charge in [-0.3, -0.25) is 10.1 Å². The maximum absolute atomic E-state index is 10.7. The molecule has 23 heavy (non-hydrogen) atoms. The molecule has 124 valence electrons. The maximum Gasteiger partial charge on any atom is 0.414 e. The fraction of sp³-hybridized carbons (Fsp3) is 0.333. The van der Waals surface area contributed by atoms with Gasteiger partial charge < -0.3 is 14.8 Å². The first kappa shape index (κ1) is 18.1. The number of rotatable bonds is 4. The van der Waals surface area contributed by atoms with E-state index in [2.05, 4.69) is 17.6 Å². The maximum atomic E-state index is 10.7. The van der Waals surface area contributed by atoms with Crippen LogP contribution in [-0.2, 0) is 23.1 Å². The summed E-state index contributed by atoms with van der Waals surface area (Å²) >= 11 is 0. The van der Waals surface area contributed by atoms with Crippen molar-refractivity contribution in [3.05, 3.63) is 40.1 Å². The van der Waals surface area contributed by atoms with E-state index in [1.54, 1.807) is 12.1 Å². The summed E-state index contributed by atoms with van der Waals surface area (Å²) in [6.45, 7) is 2.16. The molecule has 0 fully saturated rings. The molecule has 0 atom stereocenters. The number of nitro groups is 1. The molecule has 8 nitrogen and oxygen atoms in total. The van der Waals surface area contributed by atoms with Crippen LogP contribution in [0.25, 0.3) is 10.9 Å². The van der Waals surface area contributed by atoms with Crippen molar-refractivity contribution in [2.75, 3.05) is 0 Å². The van der Waals surface area contributed by atoms with Gasteiger partial charge >= 0.3 is 11.9 Å². The van der Waals surface area contributed by atoms with Crippen LogP contribution in [0, 0.1) is 10.1 Å². The van der Waals surface area contributed by atoms with Gasteiger partial charge in [-0.15, -0.1) is 0 Å². The summed E-state index contributed by atoms with van der Waals surface area (Å²) in [4.78, 5) is 28.6. The Labute approximate surface area is 132 Å². The SMILES string of the molecule is CCCCc1cc2cc([N+](=O)[O-])ccc2n1C.O=C(O)C(=O)O. The molecule has 0 radical (unpaired) electrons. The number of aryl methyl sites for hydroxylation is 2. The van der Waals surface area contributed by atoms with E-state index >= 15 is 0 Å². The van der Waals surface area contributed by atoms with E-state index in [1.165, 1.54) is 5.69 Å². The van der Waals surface area contributed by atoms with Crippen LogP contribution in [0.2, 0.25) is 0 Å². The van der Waals surface area contributed by atoms with E-state index < -0.39 is 11.9 Å². The van der Waals surface area contributed by atoms with Crippen LogP contribution >= 0.6 is 0 Å². The normalized spacial score (nSPS) is 10.0. The number of aromatic nitrogens is 1. The van der Waals surface area contributed by atoms with Crippen molar-refractivity contribution in [1.82, 2.24) is 4.57 Å². The number of aliphatic carboxylic acids is 2. The van der Waals surface area contributed by atoms with Crippen LogP contribution in [-0.4, -0.2) is 31.6 Å². The number of benzene rings is 1. The van der Waals surface area contributed by atoms with Crippen LogP contribution in [0.4, 0.5) is 5.69 Å². The second-order valence-corrected chi connectivity index (χ2v) is 4.91. The zero-order valence-corrected chi connectivity index (χ0v) is 12.9. The summed E-state index contributed by atoms with van der Waals surface area (Å²) in [5.74, 6) is -3.65. The minimum Gasteiger partial charge on any atom is -0.473 e. The van der Waals surface area contributed by atoms with Crippen LogP contribution < -0.4 is 0 Å². The molecule has 8 heteroatoms. The van der Waals surface area contributed by atoms with Gasteiger partial charge in [0.15, 0.2) is 0 Å². The van der Waals surface area contributed by atoms with Crippen LogP contribution in [0.5, 0.6) is 0 Å². The van der Waals surface area contributed by atoms with Gasteiger partial charge in [0.05, 0.1) is 4.92 Å². The number of unbranched alkanes of at least 4 members (excludes halogenated alkanes) is 1.